The van der Waals surface area contributed by atoms with E-state index in [0.29, 0.717) is 31.1 Å². The monoisotopic (exact) mass is 309 g/mol. The van der Waals surface area contributed by atoms with Gasteiger partial charge in [-0.25, -0.2) is 0 Å². The molecule has 1 saturated carbocycles. The average molecular weight is 309 g/mol. The Balaban J connectivity index is 1.59. The Morgan fingerprint density at radius 3 is 2.90 bits per heavy atom. The molecule has 0 spiro atoms. The smallest absolute Gasteiger partial charge is 0.161 e. The van der Waals surface area contributed by atoms with Crippen molar-refractivity contribution in [3.05, 3.63) is 23.8 Å². The molecule has 0 saturated heterocycles. The van der Waals surface area contributed by atoms with Gasteiger partial charge in [-0.2, -0.15) is 11.8 Å². The molecular formula is C16H23NO3S. The second-order valence-electron chi connectivity index (χ2n) is 5.64. The summed E-state index contributed by atoms with van der Waals surface area (Å²) in [5.74, 6) is 1.50. The fourth-order valence-corrected chi connectivity index (χ4v) is 4.05. The van der Waals surface area contributed by atoms with E-state index < -0.39 is 6.10 Å². The van der Waals surface area contributed by atoms with E-state index in [1.165, 1.54) is 19.3 Å². The van der Waals surface area contributed by atoms with Crippen molar-refractivity contribution in [2.45, 2.75) is 36.7 Å². The number of nitrogens with one attached hydrogen (secondary N) is 1. The second kappa shape index (κ2) is 6.90. The molecule has 21 heavy (non-hydrogen) atoms. The van der Waals surface area contributed by atoms with Crippen LogP contribution in [0.2, 0.25) is 0 Å². The summed E-state index contributed by atoms with van der Waals surface area (Å²) in [4.78, 5) is 0. The number of aliphatic hydroxyl groups excluding tert-OH is 1. The molecule has 1 aliphatic carbocycles. The van der Waals surface area contributed by atoms with Crippen molar-refractivity contribution in [1.29, 1.82) is 0 Å². The molecule has 3 unspecified atom stereocenters. The van der Waals surface area contributed by atoms with Crippen LogP contribution >= 0.6 is 11.8 Å². The van der Waals surface area contributed by atoms with Gasteiger partial charge in [0.1, 0.15) is 13.2 Å². The summed E-state index contributed by atoms with van der Waals surface area (Å²) in [7, 11) is 0. The number of rotatable bonds is 5. The quantitative estimate of drug-likeness (QED) is 0.874. The van der Waals surface area contributed by atoms with Gasteiger partial charge in [0.15, 0.2) is 11.5 Å². The maximum atomic E-state index is 10.4. The summed E-state index contributed by atoms with van der Waals surface area (Å²) in [6, 6.07) is 6.21. The van der Waals surface area contributed by atoms with E-state index in [1.54, 1.807) is 0 Å². The van der Waals surface area contributed by atoms with Crippen molar-refractivity contribution in [1.82, 2.24) is 5.32 Å². The van der Waals surface area contributed by atoms with Crippen LogP contribution in [0, 0.1) is 0 Å². The number of aliphatic hydroxyl groups is 1. The number of hydrogen-bond donors (Lipinski definition) is 2. The number of thioether (sulfide) groups is 1. The van der Waals surface area contributed by atoms with Crippen LogP contribution in [0.25, 0.3) is 0 Å². The summed E-state index contributed by atoms with van der Waals surface area (Å²) in [5.41, 5.74) is 0.880. The first-order valence-corrected chi connectivity index (χ1v) is 8.90. The molecule has 0 radical (unpaired) electrons. The van der Waals surface area contributed by atoms with Crippen LogP contribution in [0.1, 0.15) is 30.9 Å². The summed E-state index contributed by atoms with van der Waals surface area (Å²) in [6.45, 7) is 1.75. The Hall–Kier alpha value is -0.910. The van der Waals surface area contributed by atoms with Crippen LogP contribution in [0.5, 0.6) is 11.5 Å². The van der Waals surface area contributed by atoms with Crippen LogP contribution < -0.4 is 14.8 Å². The molecule has 0 bridgehead atoms. The van der Waals surface area contributed by atoms with Crippen LogP contribution in [-0.4, -0.2) is 42.4 Å². The van der Waals surface area contributed by atoms with Gasteiger partial charge in [0.25, 0.3) is 0 Å². The third kappa shape index (κ3) is 3.47. The van der Waals surface area contributed by atoms with Crippen molar-refractivity contribution in [3.63, 3.8) is 0 Å². The normalized spacial score (nSPS) is 25.8. The SMILES string of the molecule is CSC1CCCC1NCC(O)c1ccc2c(c1)OCCO2. The number of ether oxygens (including phenoxy) is 2. The first-order valence-electron chi connectivity index (χ1n) is 7.61. The highest BCUT2D eigenvalue weighted by molar-refractivity contribution is 7.99. The van der Waals surface area contributed by atoms with E-state index in [4.69, 9.17) is 9.47 Å². The van der Waals surface area contributed by atoms with Gasteiger partial charge in [0.2, 0.25) is 0 Å². The van der Waals surface area contributed by atoms with Crippen LogP contribution in [-0.2, 0) is 0 Å². The third-order valence-corrected chi connectivity index (χ3v) is 5.45. The minimum atomic E-state index is -0.510. The highest BCUT2D eigenvalue weighted by Crippen LogP contribution is 2.33. The topological polar surface area (TPSA) is 50.7 Å². The van der Waals surface area contributed by atoms with Crippen LogP contribution in [0.15, 0.2) is 18.2 Å². The molecule has 1 heterocycles. The lowest BCUT2D eigenvalue weighted by Crippen LogP contribution is -2.36. The van der Waals surface area contributed by atoms with Gasteiger partial charge >= 0.3 is 0 Å². The highest BCUT2D eigenvalue weighted by Gasteiger charge is 2.26. The molecule has 116 valence electrons. The third-order valence-electron chi connectivity index (χ3n) is 4.28. The molecule has 0 aromatic heterocycles. The molecule has 1 aromatic rings. The summed E-state index contributed by atoms with van der Waals surface area (Å²) < 4.78 is 11.1. The molecule has 0 amide bonds. The predicted molar refractivity (Wildman–Crippen MR) is 85.3 cm³/mol. The van der Waals surface area contributed by atoms with E-state index >= 15 is 0 Å². The van der Waals surface area contributed by atoms with Gasteiger partial charge in [0.05, 0.1) is 6.10 Å². The highest BCUT2D eigenvalue weighted by atomic mass is 32.2. The molecule has 2 aliphatic rings. The van der Waals surface area contributed by atoms with Crippen molar-refractivity contribution in [2.75, 3.05) is 26.0 Å². The van der Waals surface area contributed by atoms with Crippen LogP contribution in [0.4, 0.5) is 0 Å². The van der Waals surface area contributed by atoms with Crippen molar-refractivity contribution < 1.29 is 14.6 Å². The molecule has 1 aromatic carbocycles. The minimum absolute atomic E-state index is 0.510. The van der Waals surface area contributed by atoms with Gasteiger partial charge in [-0.05, 0) is 36.8 Å². The molecular weight excluding hydrogens is 286 g/mol. The Morgan fingerprint density at radius 2 is 2.10 bits per heavy atom. The first-order chi connectivity index (χ1) is 10.3. The molecule has 2 N–H and O–H groups in total. The number of fused-ring (bicyclic) bond motifs is 1. The zero-order valence-electron chi connectivity index (χ0n) is 12.4. The Labute approximate surface area is 130 Å². The van der Waals surface area contributed by atoms with E-state index in [1.807, 2.05) is 30.0 Å². The molecule has 1 fully saturated rings. The average Bonchev–Trinajstić information content (AvgIpc) is 2.99. The van der Waals surface area contributed by atoms with Crippen molar-refractivity contribution >= 4 is 11.8 Å². The fraction of sp³-hybridized carbons (Fsp3) is 0.625. The molecule has 3 rings (SSSR count). The summed E-state index contributed by atoms with van der Waals surface area (Å²) in [5, 5.41) is 14.6. The second-order valence-corrected chi connectivity index (χ2v) is 6.72. The maximum absolute atomic E-state index is 10.4. The maximum Gasteiger partial charge on any atom is 0.161 e. The van der Waals surface area contributed by atoms with E-state index in [9.17, 15) is 5.11 Å². The predicted octanol–water partition coefficient (Wildman–Crippen LogP) is 2.36. The Bertz CT molecular complexity index is 483. The largest absolute Gasteiger partial charge is 0.486 e. The summed E-state index contributed by atoms with van der Waals surface area (Å²) in [6.07, 6.45) is 5.42. The van der Waals surface area contributed by atoms with E-state index in [2.05, 4.69) is 11.6 Å². The zero-order chi connectivity index (χ0) is 14.7. The Kier molecular flexibility index (Phi) is 4.93. The van der Waals surface area contributed by atoms with E-state index in [-0.39, 0.29) is 0 Å². The molecule has 3 atom stereocenters. The van der Waals surface area contributed by atoms with Gasteiger partial charge in [-0.1, -0.05) is 12.5 Å². The first kappa shape index (κ1) is 15.0. The van der Waals surface area contributed by atoms with E-state index in [0.717, 1.165) is 17.1 Å². The number of benzene rings is 1. The minimum Gasteiger partial charge on any atom is -0.486 e. The lowest BCUT2D eigenvalue weighted by molar-refractivity contribution is 0.161. The van der Waals surface area contributed by atoms with Crippen LogP contribution in [0.3, 0.4) is 0 Å². The van der Waals surface area contributed by atoms with Gasteiger partial charge in [-0.15, -0.1) is 0 Å². The summed E-state index contributed by atoms with van der Waals surface area (Å²) >= 11 is 1.93. The molecule has 1 aliphatic heterocycles. The lowest BCUT2D eigenvalue weighted by Gasteiger charge is -2.23. The Morgan fingerprint density at radius 1 is 1.29 bits per heavy atom. The number of hydrogen-bond acceptors (Lipinski definition) is 5. The lowest BCUT2D eigenvalue weighted by atomic mass is 10.1. The van der Waals surface area contributed by atoms with Crippen molar-refractivity contribution in [2.24, 2.45) is 0 Å². The molecule has 4 nitrogen and oxygen atoms in total. The standard InChI is InChI=1S/C16H23NO3S/c1-21-16-4-2-3-12(16)17-10-13(18)11-5-6-14-15(9-11)20-8-7-19-14/h5-6,9,12-13,16-18H,2-4,7-8,10H2,1H3. The van der Waals surface area contributed by atoms with Gasteiger partial charge < -0.3 is 19.9 Å². The zero-order valence-corrected chi connectivity index (χ0v) is 13.2. The molecule has 5 heteroatoms. The van der Waals surface area contributed by atoms with Crippen molar-refractivity contribution in [3.8, 4) is 11.5 Å². The van der Waals surface area contributed by atoms with Gasteiger partial charge in [0, 0.05) is 17.8 Å². The van der Waals surface area contributed by atoms with Gasteiger partial charge in [-0.3, -0.25) is 0 Å². The fourth-order valence-electron chi connectivity index (χ4n) is 3.09.